The maximum atomic E-state index is 11.8. The molecule has 0 unspecified atom stereocenters. The van der Waals surface area contributed by atoms with Gasteiger partial charge < -0.3 is 21.7 Å². The lowest BCUT2D eigenvalue weighted by molar-refractivity contribution is -0.134. The third-order valence-electron chi connectivity index (χ3n) is 3.05. The Hall–Kier alpha value is -0.870. The minimum atomic E-state index is -0.128. The van der Waals surface area contributed by atoms with Crippen LogP contribution in [0.15, 0.2) is 24.3 Å². The van der Waals surface area contributed by atoms with Gasteiger partial charge in [0.05, 0.1) is 21.1 Å². The summed E-state index contributed by atoms with van der Waals surface area (Å²) in [6.45, 7) is 2.16. The number of quaternary nitrogens is 1. The van der Waals surface area contributed by atoms with Crippen molar-refractivity contribution in [1.29, 1.82) is 0 Å². The maximum absolute atomic E-state index is 11.8. The van der Waals surface area contributed by atoms with Crippen LogP contribution in [0, 0.1) is 0 Å². The molecule has 20 heavy (non-hydrogen) atoms. The Kier molecular flexibility index (Phi) is 8.74. The first kappa shape index (κ1) is 19.1. The van der Waals surface area contributed by atoms with Crippen LogP contribution in [0.5, 0.6) is 5.75 Å². The van der Waals surface area contributed by atoms with Gasteiger partial charge in [0.1, 0.15) is 0 Å². The minimum Gasteiger partial charge on any atom is -1.00 e. The highest BCUT2D eigenvalue weighted by Gasteiger charge is 2.19. The molecule has 4 heteroatoms. The summed E-state index contributed by atoms with van der Waals surface area (Å²) in [6.07, 6.45) is 4.88. The molecule has 0 aliphatic heterocycles. The van der Waals surface area contributed by atoms with Gasteiger partial charge in [0.25, 0.3) is 0 Å². The van der Waals surface area contributed by atoms with Crippen molar-refractivity contribution >= 4 is 11.7 Å². The van der Waals surface area contributed by atoms with Gasteiger partial charge in [-0.05, 0) is 12.5 Å². The zero-order valence-electron chi connectivity index (χ0n) is 13.0. The Balaban J connectivity index is 0.00000361. The largest absolute Gasteiger partial charge is 1.00 e. The second kappa shape index (κ2) is 9.14. The second-order valence-electron chi connectivity index (χ2n) is 5.76. The third-order valence-corrected chi connectivity index (χ3v) is 3.05. The summed E-state index contributed by atoms with van der Waals surface area (Å²) in [5.41, 5.74) is 1.02. The number of ether oxygens (including phenoxy) is 1. The zero-order valence-corrected chi connectivity index (χ0v) is 14.6. The molecule has 3 nitrogen and oxygen atoms in total. The number of nitrogens with zero attached hydrogens (tertiary/aromatic N) is 1. The van der Waals surface area contributed by atoms with E-state index in [2.05, 4.69) is 28.1 Å². The predicted octanol–water partition coefficient (Wildman–Crippen LogP) is 0.763. The SMILES string of the molecule is CCCCCCC(=O)Oc1ccccc1[N+](C)(C)C.[Br-]. The van der Waals surface area contributed by atoms with Gasteiger partial charge in [-0.15, -0.1) is 0 Å². The van der Waals surface area contributed by atoms with Crippen LogP contribution < -0.4 is 26.2 Å². The number of para-hydroxylation sites is 2. The molecule has 0 amide bonds. The summed E-state index contributed by atoms with van der Waals surface area (Å²) < 4.78 is 6.14. The fourth-order valence-corrected chi connectivity index (χ4v) is 1.97. The van der Waals surface area contributed by atoms with E-state index >= 15 is 0 Å². The van der Waals surface area contributed by atoms with Crippen LogP contribution in [0.4, 0.5) is 5.69 Å². The molecule has 1 rings (SSSR count). The van der Waals surface area contributed by atoms with Crippen molar-refractivity contribution in [3.05, 3.63) is 24.3 Å². The Morgan fingerprint density at radius 1 is 1.10 bits per heavy atom. The van der Waals surface area contributed by atoms with Gasteiger partial charge >= 0.3 is 5.97 Å². The maximum Gasteiger partial charge on any atom is 0.311 e. The molecule has 0 saturated carbocycles. The molecule has 0 N–H and O–H groups in total. The number of hydrogen-bond donors (Lipinski definition) is 0. The molecule has 0 aromatic heterocycles. The molecule has 0 aliphatic rings. The average molecular weight is 344 g/mol. The quantitative estimate of drug-likeness (QED) is 0.316. The van der Waals surface area contributed by atoms with Crippen molar-refractivity contribution in [3.8, 4) is 5.75 Å². The lowest BCUT2D eigenvalue weighted by Crippen LogP contribution is -3.00. The molecule has 0 fully saturated rings. The average Bonchev–Trinajstić information content (AvgIpc) is 2.34. The number of carbonyl (C=O) groups is 1. The van der Waals surface area contributed by atoms with Crippen LogP contribution in [-0.4, -0.2) is 27.1 Å². The van der Waals surface area contributed by atoms with Gasteiger partial charge in [0.15, 0.2) is 11.4 Å². The Morgan fingerprint density at radius 3 is 2.35 bits per heavy atom. The lowest BCUT2D eigenvalue weighted by atomic mass is 10.1. The summed E-state index contributed by atoms with van der Waals surface area (Å²) in [6, 6.07) is 7.73. The van der Waals surface area contributed by atoms with Gasteiger partial charge in [0, 0.05) is 12.5 Å². The van der Waals surface area contributed by atoms with E-state index in [9.17, 15) is 4.79 Å². The molecule has 0 bridgehead atoms. The highest BCUT2D eigenvalue weighted by Crippen LogP contribution is 2.30. The molecule has 0 spiro atoms. The molecular formula is C16H26BrNO2. The first-order chi connectivity index (χ1) is 8.95. The number of esters is 1. The molecule has 0 radical (unpaired) electrons. The van der Waals surface area contributed by atoms with E-state index in [4.69, 9.17) is 4.74 Å². The Morgan fingerprint density at radius 2 is 1.75 bits per heavy atom. The van der Waals surface area contributed by atoms with Crippen molar-refractivity contribution in [2.24, 2.45) is 0 Å². The number of benzene rings is 1. The molecule has 0 saturated heterocycles. The van der Waals surface area contributed by atoms with Crippen LogP contribution in [0.3, 0.4) is 0 Å². The smallest absolute Gasteiger partial charge is 0.311 e. The van der Waals surface area contributed by atoms with E-state index in [1.54, 1.807) is 0 Å². The standard InChI is InChI=1S/C16H26NO2.BrH/c1-5-6-7-8-13-16(18)19-15-12-10-9-11-14(15)17(2,3)4;/h9-12H,5-8,13H2,1-4H3;1H/q+1;/p-1. The van der Waals surface area contributed by atoms with Gasteiger partial charge in [0.2, 0.25) is 0 Å². The molecular weight excluding hydrogens is 318 g/mol. The van der Waals surface area contributed by atoms with Gasteiger partial charge in [-0.1, -0.05) is 38.3 Å². The number of carbonyl (C=O) groups excluding carboxylic acids is 1. The van der Waals surface area contributed by atoms with Crippen molar-refractivity contribution in [2.75, 3.05) is 21.1 Å². The fraction of sp³-hybridized carbons (Fsp3) is 0.562. The molecule has 0 atom stereocenters. The monoisotopic (exact) mass is 343 g/mol. The highest BCUT2D eigenvalue weighted by atomic mass is 79.9. The van der Waals surface area contributed by atoms with Crippen molar-refractivity contribution < 1.29 is 26.5 Å². The topological polar surface area (TPSA) is 26.3 Å². The summed E-state index contributed by atoms with van der Waals surface area (Å²) in [4.78, 5) is 11.8. The van der Waals surface area contributed by atoms with Crippen LogP contribution in [0.1, 0.15) is 39.0 Å². The van der Waals surface area contributed by atoms with Gasteiger partial charge in [-0.25, -0.2) is 0 Å². The number of rotatable bonds is 7. The summed E-state index contributed by atoms with van der Waals surface area (Å²) in [5, 5.41) is 0. The van der Waals surface area contributed by atoms with E-state index in [0.29, 0.717) is 16.7 Å². The predicted molar refractivity (Wildman–Crippen MR) is 80.4 cm³/mol. The molecule has 1 aromatic rings. The van der Waals surface area contributed by atoms with Gasteiger partial charge in [-0.3, -0.25) is 9.28 Å². The van der Waals surface area contributed by atoms with Crippen LogP contribution in [-0.2, 0) is 4.79 Å². The van der Waals surface area contributed by atoms with Crippen molar-refractivity contribution in [2.45, 2.75) is 39.0 Å². The highest BCUT2D eigenvalue weighted by molar-refractivity contribution is 5.74. The number of unbranched alkanes of at least 4 members (excludes halogenated alkanes) is 3. The lowest BCUT2D eigenvalue weighted by Gasteiger charge is -2.25. The summed E-state index contributed by atoms with van der Waals surface area (Å²) >= 11 is 0. The van der Waals surface area contributed by atoms with Gasteiger partial charge in [-0.2, -0.15) is 0 Å². The Labute approximate surface area is 133 Å². The first-order valence-corrected chi connectivity index (χ1v) is 7.07. The van der Waals surface area contributed by atoms with Crippen LogP contribution >= 0.6 is 0 Å². The molecule has 0 aliphatic carbocycles. The third kappa shape index (κ3) is 6.53. The van der Waals surface area contributed by atoms with Crippen LogP contribution in [0.25, 0.3) is 0 Å². The fourth-order valence-electron chi connectivity index (χ4n) is 1.97. The zero-order chi connectivity index (χ0) is 14.3. The van der Waals surface area contributed by atoms with Crippen molar-refractivity contribution in [1.82, 2.24) is 4.48 Å². The van der Waals surface area contributed by atoms with E-state index in [0.717, 1.165) is 18.5 Å². The first-order valence-electron chi connectivity index (χ1n) is 7.07. The van der Waals surface area contributed by atoms with E-state index in [1.165, 1.54) is 12.8 Å². The minimum absolute atomic E-state index is 0. The van der Waals surface area contributed by atoms with E-state index < -0.39 is 0 Å². The molecule has 0 heterocycles. The normalized spacial score (nSPS) is 10.8. The molecule has 114 valence electrons. The number of hydrogen-bond acceptors (Lipinski definition) is 2. The summed E-state index contributed by atoms with van der Waals surface area (Å²) in [5.74, 6) is 0.549. The molecule has 1 aromatic carbocycles. The second-order valence-corrected chi connectivity index (χ2v) is 5.76. The van der Waals surface area contributed by atoms with E-state index in [-0.39, 0.29) is 23.0 Å². The number of halogens is 1. The van der Waals surface area contributed by atoms with E-state index in [1.807, 2.05) is 24.3 Å². The Bertz CT molecular complexity index is 413. The van der Waals surface area contributed by atoms with Crippen molar-refractivity contribution in [3.63, 3.8) is 0 Å². The summed E-state index contributed by atoms with van der Waals surface area (Å²) in [7, 11) is 6.19. The van der Waals surface area contributed by atoms with Crippen LogP contribution in [0.2, 0.25) is 0 Å².